The van der Waals surface area contributed by atoms with Crippen molar-refractivity contribution in [3.8, 4) is 12.3 Å². The van der Waals surface area contributed by atoms with E-state index in [1.165, 1.54) is 6.20 Å². The summed E-state index contributed by atoms with van der Waals surface area (Å²) in [6.07, 6.45) is 7.31. The number of anilines is 1. The van der Waals surface area contributed by atoms with Crippen LogP contribution in [0.1, 0.15) is 12.8 Å². The number of halogens is 1. The summed E-state index contributed by atoms with van der Waals surface area (Å²) < 4.78 is 0. The zero-order valence-corrected chi connectivity index (χ0v) is 8.21. The monoisotopic (exact) mass is 208 g/mol. The summed E-state index contributed by atoms with van der Waals surface area (Å²) in [5, 5.41) is 3.01. The molecule has 0 bridgehead atoms. The lowest BCUT2D eigenvalue weighted by molar-refractivity contribution is -0.116. The fourth-order valence-corrected chi connectivity index (χ4v) is 1.06. The normalized spacial score (nSPS) is 9.14. The Labute approximate surface area is 87.5 Å². The first-order chi connectivity index (χ1) is 6.72. The Morgan fingerprint density at radius 3 is 3.14 bits per heavy atom. The molecule has 0 aliphatic rings. The number of hydrogen-bond donors (Lipinski definition) is 1. The number of carbonyl (C=O) groups is 1. The predicted molar refractivity (Wildman–Crippen MR) is 55.9 cm³/mol. The number of carbonyl (C=O) groups excluding carboxylic acids is 1. The van der Waals surface area contributed by atoms with Crippen LogP contribution in [0.25, 0.3) is 0 Å². The van der Waals surface area contributed by atoms with E-state index in [-0.39, 0.29) is 5.91 Å². The van der Waals surface area contributed by atoms with Gasteiger partial charge in [-0.05, 0) is 12.1 Å². The highest BCUT2D eigenvalue weighted by Gasteiger charge is 2.01. The number of nitrogens with one attached hydrogen (secondary N) is 1. The van der Waals surface area contributed by atoms with E-state index in [0.717, 1.165) is 0 Å². The number of terminal acetylenes is 1. The molecule has 4 heteroatoms. The van der Waals surface area contributed by atoms with Crippen LogP contribution in [0.5, 0.6) is 0 Å². The first-order valence-electron chi connectivity index (χ1n) is 4.07. The number of aromatic nitrogens is 1. The van der Waals surface area contributed by atoms with Gasteiger partial charge in [-0.25, -0.2) is 4.98 Å². The Kier molecular flexibility index (Phi) is 3.96. The molecule has 0 unspecified atom stereocenters. The van der Waals surface area contributed by atoms with E-state index < -0.39 is 0 Å². The Hall–Kier alpha value is -1.53. The van der Waals surface area contributed by atoms with Gasteiger partial charge in [0, 0.05) is 24.7 Å². The van der Waals surface area contributed by atoms with Crippen molar-refractivity contribution < 1.29 is 4.79 Å². The maximum absolute atomic E-state index is 11.2. The van der Waals surface area contributed by atoms with Gasteiger partial charge in [-0.15, -0.1) is 12.3 Å². The van der Waals surface area contributed by atoms with Crippen LogP contribution in [-0.2, 0) is 4.79 Å². The number of amides is 1. The molecule has 1 amide bonds. The summed E-state index contributed by atoms with van der Waals surface area (Å²) in [5.41, 5.74) is 0.632. The van der Waals surface area contributed by atoms with Gasteiger partial charge in [0.2, 0.25) is 5.91 Å². The molecule has 1 aromatic rings. The Morgan fingerprint density at radius 1 is 1.71 bits per heavy atom. The minimum atomic E-state index is -0.120. The highest BCUT2D eigenvalue weighted by atomic mass is 35.5. The average molecular weight is 209 g/mol. The van der Waals surface area contributed by atoms with E-state index in [1.807, 2.05) is 0 Å². The van der Waals surface area contributed by atoms with Crippen molar-refractivity contribution in [2.45, 2.75) is 12.8 Å². The van der Waals surface area contributed by atoms with Crippen molar-refractivity contribution in [1.82, 2.24) is 4.98 Å². The van der Waals surface area contributed by atoms with E-state index in [0.29, 0.717) is 23.7 Å². The molecule has 3 nitrogen and oxygen atoms in total. The maximum Gasteiger partial charge on any atom is 0.225 e. The van der Waals surface area contributed by atoms with Crippen molar-refractivity contribution in [3.05, 3.63) is 23.5 Å². The molecular formula is C10H9ClN2O. The van der Waals surface area contributed by atoms with Gasteiger partial charge in [0.1, 0.15) is 5.15 Å². The second-order valence-corrected chi connectivity index (χ2v) is 3.01. The first kappa shape index (κ1) is 10.6. The third-order valence-corrected chi connectivity index (χ3v) is 1.71. The van der Waals surface area contributed by atoms with Crippen molar-refractivity contribution in [1.29, 1.82) is 0 Å². The fraction of sp³-hybridized carbons (Fsp3) is 0.200. The van der Waals surface area contributed by atoms with E-state index in [1.54, 1.807) is 12.1 Å². The molecule has 0 saturated heterocycles. The van der Waals surface area contributed by atoms with Gasteiger partial charge >= 0.3 is 0 Å². The molecule has 72 valence electrons. The average Bonchev–Trinajstić information content (AvgIpc) is 2.15. The molecule has 0 saturated carbocycles. The third-order valence-electron chi connectivity index (χ3n) is 1.51. The van der Waals surface area contributed by atoms with E-state index in [9.17, 15) is 4.79 Å². The molecule has 14 heavy (non-hydrogen) atoms. The van der Waals surface area contributed by atoms with Crippen LogP contribution in [0.3, 0.4) is 0 Å². The van der Waals surface area contributed by atoms with Crippen molar-refractivity contribution >= 4 is 23.2 Å². The molecular weight excluding hydrogens is 200 g/mol. The summed E-state index contributed by atoms with van der Waals surface area (Å²) in [7, 11) is 0. The maximum atomic E-state index is 11.2. The summed E-state index contributed by atoms with van der Waals surface area (Å²) in [4.78, 5) is 15.0. The van der Waals surface area contributed by atoms with Gasteiger partial charge in [0.25, 0.3) is 0 Å². The van der Waals surface area contributed by atoms with Gasteiger partial charge in [0.15, 0.2) is 0 Å². The molecule has 0 fully saturated rings. The quantitative estimate of drug-likeness (QED) is 0.611. The van der Waals surface area contributed by atoms with Gasteiger partial charge in [-0.2, -0.15) is 0 Å². The van der Waals surface area contributed by atoms with Crippen LogP contribution in [0, 0.1) is 12.3 Å². The van der Waals surface area contributed by atoms with E-state index >= 15 is 0 Å². The van der Waals surface area contributed by atoms with Gasteiger partial charge in [-0.1, -0.05) is 11.6 Å². The highest BCUT2D eigenvalue weighted by molar-refractivity contribution is 6.29. The number of pyridine rings is 1. The summed E-state index contributed by atoms with van der Waals surface area (Å²) in [6.45, 7) is 0. The standard InChI is InChI=1S/C10H9ClN2O/c1-2-3-4-10(14)13-8-5-6-12-9(11)7-8/h1,5-7H,3-4H2,(H,12,13,14). The van der Waals surface area contributed by atoms with Crippen LogP contribution in [0.2, 0.25) is 5.15 Å². The van der Waals surface area contributed by atoms with Crippen molar-refractivity contribution in [2.24, 2.45) is 0 Å². The lowest BCUT2D eigenvalue weighted by Crippen LogP contribution is -2.10. The number of hydrogen-bond acceptors (Lipinski definition) is 2. The summed E-state index contributed by atoms with van der Waals surface area (Å²) in [6, 6.07) is 3.25. The van der Waals surface area contributed by atoms with Crippen LogP contribution in [0.4, 0.5) is 5.69 Å². The molecule has 0 atom stereocenters. The van der Waals surface area contributed by atoms with Crippen molar-refractivity contribution in [3.63, 3.8) is 0 Å². The molecule has 0 radical (unpaired) electrons. The number of rotatable bonds is 3. The minimum absolute atomic E-state index is 0.120. The second kappa shape index (κ2) is 5.25. The molecule has 1 heterocycles. The Balaban J connectivity index is 2.53. The molecule has 1 aromatic heterocycles. The van der Waals surface area contributed by atoms with Gasteiger partial charge < -0.3 is 5.32 Å². The SMILES string of the molecule is C#CCCC(=O)Nc1ccnc(Cl)c1. The smallest absolute Gasteiger partial charge is 0.225 e. The first-order valence-corrected chi connectivity index (χ1v) is 4.45. The highest BCUT2D eigenvalue weighted by Crippen LogP contribution is 2.12. The number of nitrogens with zero attached hydrogens (tertiary/aromatic N) is 1. The third kappa shape index (κ3) is 3.46. The zero-order chi connectivity index (χ0) is 10.4. The van der Waals surface area contributed by atoms with E-state index in [2.05, 4.69) is 16.2 Å². The topological polar surface area (TPSA) is 42.0 Å². The molecule has 0 aromatic carbocycles. The summed E-state index contributed by atoms with van der Waals surface area (Å²) >= 11 is 5.64. The lowest BCUT2D eigenvalue weighted by atomic mass is 10.3. The minimum Gasteiger partial charge on any atom is -0.326 e. The fourth-order valence-electron chi connectivity index (χ4n) is 0.889. The molecule has 1 rings (SSSR count). The Bertz CT molecular complexity index is 371. The van der Waals surface area contributed by atoms with Gasteiger partial charge in [-0.3, -0.25) is 4.79 Å². The molecule has 1 N–H and O–H groups in total. The van der Waals surface area contributed by atoms with Crippen LogP contribution in [0.15, 0.2) is 18.3 Å². The van der Waals surface area contributed by atoms with Crippen LogP contribution >= 0.6 is 11.6 Å². The molecule has 0 spiro atoms. The molecule has 0 aliphatic carbocycles. The van der Waals surface area contributed by atoms with E-state index in [4.69, 9.17) is 18.0 Å². The van der Waals surface area contributed by atoms with Crippen LogP contribution in [-0.4, -0.2) is 10.9 Å². The zero-order valence-electron chi connectivity index (χ0n) is 7.46. The van der Waals surface area contributed by atoms with Crippen LogP contribution < -0.4 is 5.32 Å². The Morgan fingerprint density at radius 2 is 2.50 bits per heavy atom. The second-order valence-electron chi connectivity index (χ2n) is 2.62. The van der Waals surface area contributed by atoms with Gasteiger partial charge in [0.05, 0.1) is 0 Å². The lowest BCUT2D eigenvalue weighted by Gasteiger charge is -2.02. The molecule has 0 aliphatic heterocycles. The predicted octanol–water partition coefficient (Wildman–Crippen LogP) is 2.09. The summed E-state index contributed by atoms with van der Waals surface area (Å²) in [5.74, 6) is 2.28. The van der Waals surface area contributed by atoms with Crippen molar-refractivity contribution in [2.75, 3.05) is 5.32 Å². The largest absolute Gasteiger partial charge is 0.326 e.